The zero-order chi connectivity index (χ0) is 26.9. The number of thiophene rings is 1. The third-order valence-electron chi connectivity index (χ3n) is 6.93. The average molecular weight is 539 g/mol. The van der Waals surface area contributed by atoms with Crippen molar-refractivity contribution < 1.29 is 22.4 Å². The summed E-state index contributed by atoms with van der Waals surface area (Å²) in [6.45, 7) is 0. The monoisotopic (exact) mass is 538 g/mol. The molecule has 0 bridgehead atoms. The molecule has 1 atom stereocenters. The van der Waals surface area contributed by atoms with Crippen LogP contribution < -0.4 is 0 Å². The Morgan fingerprint density at radius 3 is 2.66 bits per heavy atom. The van der Waals surface area contributed by atoms with Gasteiger partial charge in [-0.15, -0.1) is 11.3 Å². The maximum Gasteiger partial charge on any atom is 0.418 e. The van der Waals surface area contributed by atoms with E-state index < -0.39 is 29.3 Å². The quantitative estimate of drug-likeness (QED) is 0.268. The number of aliphatic imine (C=N–C) groups is 1. The second kappa shape index (κ2) is 10.8. The third kappa shape index (κ3) is 5.85. The summed E-state index contributed by atoms with van der Waals surface area (Å²) in [6, 6.07) is 9.30. The molecule has 196 valence electrons. The minimum absolute atomic E-state index is 0.0672. The van der Waals surface area contributed by atoms with Crippen molar-refractivity contribution in [2.45, 2.75) is 44.7 Å². The van der Waals surface area contributed by atoms with Gasteiger partial charge in [0.15, 0.2) is 0 Å². The van der Waals surface area contributed by atoms with Gasteiger partial charge in [0.05, 0.1) is 17.0 Å². The van der Waals surface area contributed by atoms with Crippen LogP contribution in [-0.4, -0.2) is 23.4 Å². The maximum atomic E-state index is 14.5. The van der Waals surface area contributed by atoms with Gasteiger partial charge in [-0.3, -0.25) is 4.79 Å². The Kier molecular flexibility index (Phi) is 7.43. The molecule has 0 amide bonds. The van der Waals surface area contributed by atoms with E-state index in [4.69, 9.17) is 5.41 Å². The number of halogens is 4. The Hall–Kier alpha value is -3.39. The van der Waals surface area contributed by atoms with Crippen LogP contribution in [-0.2, 0) is 11.2 Å². The molecular weight excluding hydrogens is 512 g/mol. The Labute approximate surface area is 222 Å². The van der Waals surface area contributed by atoms with Gasteiger partial charge < -0.3 is 5.41 Å². The molecule has 8 heteroatoms. The summed E-state index contributed by atoms with van der Waals surface area (Å²) in [6.07, 6.45) is 5.11. The number of nitrogens with one attached hydrogen (secondary N) is 1. The zero-order valence-corrected chi connectivity index (χ0v) is 21.3. The number of rotatable bonds is 8. The molecule has 2 heterocycles. The van der Waals surface area contributed by atoms with E-state index in [1.54, 1.807) is 18.2 Å². The van der Waals surface area contributed by atoms with Crippen molar-refractivity contribution in [3.63, 3.8) is 0 Å². The average Bonchev–Trinajstić information content (AvgIpc) is 3.42. The number of carbonyl (C=O) groups excluding carboxylic acids is 1. The number of nitrogens with zero attached hydrogens (tertiary/aromatic N) is 1. The number of carbonyl (C=O) groups is 1. The largest absolute Gasteiger partial charge is 0.418 e. The Balaban J connectivity index is 1.52. The normalized spacial score (nSPS) is 20.0. The Morgan fingerprint density at radius 2 is 1.97 bits per heavy atom. The van der Waals surface area contributed by atoms with Crippen molar-refractivity contribution in [2.75, 3.05) is 0 Å². The molecule has 1 N–H and O–H groups in total. The second-order valence-electron chi connectivity index (χ2n) is 9.74. The van der Waals surface area contributed by atoms with Crippen LogP contribution in [0.4, 0.5) is 17.6 Å². The van der Waals surface area contributed by atoms with Gasteiger partial charge in [-0.1, -0.05) is 36.4 Å². The zero-order valence-electron chi connectivity index (χ0n) is 20.5. The van der Waals surface area contributed by atoms with E-state index in [1.807, 2.05) is 23.6 Å². The lowest BCUT2D eigenvalue weighted by Gasteiger charge is -2.22. The van der Waals surface area contributed by atoms with Gasteiger partial charge in [-0.05, 0) is 90.8 Å². The first kappa shape index (κ1) is 26.2. The molecule has 3 aliphatic rings. The molecule has 2 aromatic rings. The summed E-state index contributed by atoms with van der Waals surface area (Å²) < 4.78 is 57.3. The van der Waals surface area contributed by atoms with Crippen molar-refractivity contribution >= 4 is 34.1 Å². The van der Waals surface area contributed by atoms with Gasteiger partial charge in [0.25, 0.3) is 0 Å². The highest BCUT2D eigenvalue weighted by Gasteiger charge is 2.44. The van der Waals surface area contributed by atoms with Crippen LogP contribution in [0.3, 0.4) is 0 Å². The van der Waals surface area contributed by atoms with E-state index in [0.29, 0.717) is 36.3 Å². The van der Waals surface area contributed by atoms with Crippen LogP contribution in [0.1, 0.15) is 42.5 Å². The van der Waals surface area contributed by atoms with E-state index in [2.05, 4.69) is 4.99 Å². The molecule has 1 unspecified atom stereocenters. The Morgan fingerprint density at radius 1 is 1.16 bits per heavy atom. The van der Waals surface area contributed by atoms with Gasteiger partial charge >= 0.3 is 6.18 Å². The molecule has 5 rings (SSSR count). The van der Waals surface area contributed by atoms with Gasteiger partial charge in [-0.2, -0.15) is 13.2 Å². The van der Waals surface area contributed by atoms with Crippen molar-refractivity contribution in [1.29, 1.82) is 5.41 Å². The maximum absolute atomic E-state index is 14.5. The number of Topliss-reactive ketones (excluding diaryl/α,β-unsaturated/α-hetero) is 1. The molecule has 0 saturated heterocycles. The molecular formula is C30H26F4N2OS. The van der Waals surface area contributed by atoms with E-state index in [9.17, 15) is 22.4 Å². The first-order chi connectivity index (χ1) is 18.2. The summed E-state index contributed by atoms with van der Waals surface area (Å²) in [7, 11) is 0. The van der Waals surface area contributed by atoms with Crippen LogP contribution in [0.5, 0.6) is 0 Å². The van der Waals surface area contributed by atoms with Gasteiger partial charge in [-0.25, -0.2) is 9.38 Å². The summed E-state index contributed by atoms with van der Waals surface area (Å²) in [5.41, 5.74) is -0.320. The fourth-order valence-corrected chi connectivity index (χ4v) is 5.48. The van der Waals surface area contributed by atoms with E-state index >= 15 is 0 Å². The van der Waals surface area contributed by atoms with Crippen LogP contribution in [0, 0.1) is 23.1 Å². The smallest absolute Gasteiger partial charge is 0.301 e. The van der Waals surface area contributed by atoms with Crippen molar-refractivity contribution in [2.24, 2.45) is 16.8 Å². The predicted molar refractivity (Wildman–Crippen MR) is 143 cm³/mol. The highest BCUT2D eigenvalue weighted by Crippen LogP contribution is 2.43. The predicted octanol–water partition coefficient (Wildman–Crippen LogP) is 8.07. The van der Waals surface area contributed by atoms with E-state index in [0.717, 1.165) is 23.8 Å². The van der Waals surface area contributed by atoms with Crippen molar-refractivity contribution in [1.82, 2.24) is 0 Å². The minimum Gasteiger partial charge on any atom is -0.301 e. The highest BCUT2D eigenvalue weighted by molar-refractivity contribution is 7.09. The lowest BCUT2D eigenvalue weighted by atomic mass is 9.83. The summed E-state index contributed by atoms with van der Waals surface area (Å²) in [5.74, 6) is -1.53. The molecule has 38 heavy (non-hydrogen) atoms. The van der Waals surface area contributed by atoms with Crippen LogP contribution >= 0.6 is 11.3 Å². The van der Waals surface area contributed by atoms with Gasteiger partial charge in [0.1, 0.15) is 11.5 Å². The van der Waals surface area contributed by atoms with Crippen molar-refractivity contribution in [3.8, 4) is 0 Å². The standard InChI is InChI=1S/C30H26F4N2OS/c31-21-6-1-4-19(16-21)20-5-2-8-23-24(13-11-18-9-10-18)28(36-27(23)25(17-20)30(32,33)34)29(37)26(35)14-12-22-7-3-15-38-22/h1,3-7,11,13,15-18,23,35H,2,8-10,12,14H2/b13-11+,20-5?,25-17?,35-26?. The first-order valence-corrected chi connectivity index (χ1v) is 13.5. The molecule has 1 saturated carbocycles. The fraction of sp³-hybridized carbons (Fsp3) is 0.300. The van der Waals surface area contributed by atoms with Crippen LogP contribution in [0.25, 0.3) is 5.57 Å². The highest BCUT2D eigenvalue weighted by atomic mass is 32.1. The van der Waals surface area contributed by atoms with Crippen LogP contribution in [0.2, 0.25) is 0 Å². The number of hydrogen-bond donors (Lipinski definition) is 1. The number of aryl methyl sites for hydroxylation is 1. The number of hydrogen-bond acceptors (Lipinski definition) is 4. The molecule has 2 aliphatic carbocycles. The lowest BCUT2D eigenvalue weighted by molar-refractivity contribution is -0.110. The SMILES string of the molecule is N=C(CCc1cccs1)C(=O)C1=C(/C=C/C2CC2)C2CCC=C(c3cccc(F)c3)C=C(C(F)(F)F)C2=N1. The molecule has 1 aromatic heterocycles. The summed E-state index contributed by atoms with van der Waals surface area (Å²) in [4.78, 5) is 18.7. The number of alkyl halides is 3. The molecule has 1 aliphatic heterocycles. The van der Waals surface area contributed by atoms with E-state index in [-0.39, 0.29) is 29.1 Å². The summed E-state index contributed by atoms with van der Waals surface area (Å²) >= 11 is 1.53. The molecule has 1 fully saturated rings. The topological polar surface area (TPSA) is 53.3 Å². The minimum atomic E-state index is -4.74. The number of benzene rings is 1. The Bertz CT molecular complexity index is 1410. The number of ketones is 1. The molecule has 0 radical (unpaired) electrons. The lowest BCUT2D eigenvalue weighted by Crippen LogP contribution is -2.26. The van der Waals surface area contributed by atoms with Crippen LogP contribution in [0.15, 0.2) is 87.9 Å². The van der Waals surface area contributed by atoms with E-state index in [1.165, 1.54) is 29.5 Å². The van der Waals surface area contributed by atoms with Gasteiger partial charge in [0, 0.05) is 10.8 Å². The first-order valence-electron chi connectivity index (χ1n) is 12.6. The number of fused-ring (bicyclic) bond motifs is 1. The fourth-order valence-electron chi connectivity index (χ4n) is 4.77. The third-order valence-corrected chi connectivity index (χ3v) is 7.87. The molecule has 3 nitrogen and oxygen atoms in total. The van der Waals surface area contributed by atoms with Gasteiger partial charge in [0.2, 0.25) is 5.78 Å². The second-order valence-corrected chi connectivity index (χ2v) is 10.8. The van der Waals surface area contributed by atoms with Crippen molar-refractivity contribution in [3.05, 3.63) is 99.2 Å². The number of allylic oxidation sites excluding steroid dienone is 8. The molecule has 1 aromatic carbocycles. The summed E-state index contributed by atoms with van der Waals surface area (Å²) in [5, 5.41) is 10.3. The molecule has 0 spiro atoms.